The van der Waals surface area contributed by atoms with Gasteiger partial charge in [-0.15, -0.1) is 0 Å². The number of sulfone groups is 1. The van der Waals surface area contributed by atoms with Gasteiger partial charge in [0.05, 0.1) is 38.4 Å². The Kier molecular flexibility index (Phi) is 10.1. The molecular weight excluding hydrogens is 637 g/mol. The van der Waals surface area contributed by atoms with Crippen molar-refractivity contribution < 1.29 is 32.6 Å². The summed E-state index contributed by atoms with van der Waals surface area (Å²) in [6, 6.07) is 11.5. The molecule has 0 aliphatic heterocycles. The van der Waals surface area contributed by atoms with Crippen LogP contribution in [0.1, 0.15) is 35.3 Å². The number of methoxy groups -OCH3 is 1. The van der Waals surface area contributed by atoms with Gasteiger partial charge in [-0.25, -0.2) is 13.2 Å². The molecule has 0 fully saturated rings. The summed E-state index contributed by atoms with van der Waals surface area (Å²) in [5.41, 5.74) is 1.23. The summed E-state index contributed by atoms with van der Waals surface area (Å²) in [4.78, 5) is 26.6. The van der Waals surface area contributed by atoms with Gasteiger partial charge in [0.2, 0.25) is 0 Å². The zero-order valence-electron chi connectivity index (χ0n) is 23.6. The van der Waals surface area contributed by atoms with E-state index in [2.05, 4.69) is 15.0 Å². The number of anilines is 1. The second kappa shape index (κ2) is 13.4. The first-order valence-electron chi connectivity index (χ1n) is 13.0. The Labute approximate surface area is 263 Å². The van der Waals surface area contributed by atoms with Crippen molar-refractivity contribution in [2.24, 2.45) is 0 Å². The number of halogens is 2. The third-order valence-electron chi connectivity index (χ3n) is 6.30. The number of ether oxygens (including phenoxy) is 2. The van der Waals surface area contributed by atoms with Gasteiger partial charge in [0.1, 0.15) is 11.9 Å². The van der Waals surface area contributed by atoms with Gasteiger partial charge in [-0.3, -0.25) is 4.79 Å². The van der Waals surface area contributed by atoms with Gasteiger partial charge in [0, 0.05) is 24.6 Å². The Balaban J connectivity index is 1.59. The summed E-state index contributed by atoms with van der Waals surface area (Å²) in [7, 11) is -2.02. The first-order chi connectivity index (χ1) is 20.3. The van der Waals surface area contributed by atoms with Gasteiger partial charge in [-0.2, -0.15) is 4.37 Å². The number of carbonyl (C=O) groups is 2. The van der Waals surface area contributed by atoms with E-state index in [1.165, 1.54) is 19.2 Å². The lowest BCUT2D eigenvalue weighted by Gasteiger charge is -2.20. The smallest absolute Gasteiger partial charge is 0.329 e. The Hall–Kier alpha value is -3.58. The zero-order chi connectivity index (χ0) is 31.5. The fraction of sp³-hybridized carbons (Fsp3) is 0.276. The average molecular weight is 667 g/mol. The topological polar surface area (TPSA) is 144 Å². The molecule has 0 radical (unpaired) electrons. The standard InChI is InChI=1S/C29H29Cl2N3O7S2/c1-15(2)41-29(37)21(11-16-6-5-7-18(10-16)43(4,38)39)33-28(36)24-20(30)13-19-26(25(24)31)42-34-27(19)32-14-17-8-9-23(40-3)22(35)12-17/h5-10,12-13,15,21,35H,11,14H2,1-4H3,(H,32,34)(H,33,36)/t21-/m0/s1. The van der Waals surface area contributed by atoms with E-state index in [-0.39, 0.29) is 32.7 Å². The van der Waals surface area contributed by atoms with Crippen LogP contribution in [0.25, 0.3) is 10.1 Å². The molecule has 0 unspecified atom stereocenters. The molecule has 0 aliphatic rings. The summed E-state index contributed by atoms with van der Waals surface area (Å²) in [5.74, 6) is -0.566. The van der Waals surface area contributed by atoms with Gasteiger partial charge < -0.3 is 25.2 Å². The molecule has 3 N–H and O–H groups in total. The molecule has 43 heavy (non-hydrogen) atoms. The maximum Gasteiger partial charge on any atom is 0.329 e. The van der Waals surface area contributed by atoms with E-state index in [1.807, 2.05) is 0 Å². The number of nitrogens with zero attached hydrogens (tertiary/aromatic N) is 1. The SMILES string of the molecule is COc1ccc(CNc2nsc3c(Cl)c(C(=O)N[C@@H](Cc4cccc(S(C)(=O)=O)c4)C(=O)OC(C)C)c(Cl)cc23)cc1O. The molecular formula is C29H29Cl2N3O7S2. The molecule has 10 nitrogen and oxygen atoms in total. The van der Waals surface area contributed by atoms with E-state index in [0.717, 1.165) is 23.4 Å². The van der Waals surface area contributed by atoms with Gasteiger partial charge >= 0.3 is 5.97 Å². The molecule has 0 aliphatic carbocycles. The zero-order valence-corrected chi connectivity index (χ0v) is 26.7. The van der Waals surface area contributed by atoms with Crippen LogP contribution in [0.3, 0.4) is 0 Å². The van der Waals surface area contributed by atoms with Crippen molar-refractivity contribution in [3.63, 3.8) is 0 Å². The molecule has 0 saturated heterocycles. The summed E-state index contributed by atoms with van der Waals surface area (Å²) in [6.45, 7) is 3.68. The number of nitrogens with one attached hydrogen (secondary N) is 2. The number of carbonyl (C=O) groups excluding carboxylic acids is 2. The van der Waals surface area contributed by atoms with Gasteiger partial charge in [-0.1, -0.05) is 41.4 Å². The Morgan fingerprint density at radius 1 is 1.09 bits per heavy atom. The monoisotopic (exact) mass is 665 g/mol. The van der Waals surface area contributed by atoms with Crippen LogP contribution in [-0.4, -0.2) is 55.3 Å². The molecule has 0 saturated carbocycles. The summed E-state index contributed by atoms with van der Waals surface area (Å²) >= 11 is 14.3. The maximum absolute atomic E-state index is 13.5. The number of amides is 1. The number of phenols is 1. The van der Waals surface area contributed by atoms with E-state index in [0.29, 0.717) is 33.8 Å². The lowest BCUT2D eigenvalue weighted by molar-refractivity contribution is -0.149. The Morgan fingerprint density at radius 2 is 1.84 bits per heavy atom. The van der Waals surface area contributed by atoms with Crippen LogP contribution in [0.15, 0.2) is 53.4 Å². The molecule has 1 amide bonds. The fourth-order valence-corrected chi connectivity index (χ4v) is 6.45. The van der Waals surface area contributed by atoms with Crippen LogP contribution in [-0.2, 0) is 32.3 Å². The van der Waals surface area contributed by atoms with Crippen LogP contribution < -0.4 is 15.4 Å². The second-order valence-electron chi connectivity index (χ2n) is 9.95. The quantitative estimate of drug-likeness (QED) is 0.174. The molecule has 14 heteroatoms. The van der Waals surface area contributed by atoms with Crippen molar-refractivity contribution in [2.75, 3.05) is 18.7 Å². The molecule has 0 bridgehead atoms. The Morgan fingerprint density at radius 3 is 2.49 bits per heavy atom. The minimum atomic E-state index is -3.49. The lowest BCUT2D eigenvalue weighted by Crippen LogP contribution is -2.44. The van der Waals surface area contributed by atoms with Gasteiger partial charge in [-0.05, 0) is 66.8 Å². The number of benzene rings is 3. The van der Waals surface area contributed by atoms with Crippen LogP contribution in [0.5, 0.6) is 11.5 Å². The number of hydrogen-bond acceptors (Lipinski definition) is 10. The van der Waals surface area contributed by atoms with E-state index in [1.54, 1.807) is 50.2 Å². The lowest BCUT2D eigenvalue weighted by atomic mass is 10.0. The van der Waals surface area contributed by atoms with E-state index in [4.69, 9.17) is 32.7 Å². The minimum absolute atomic E-state index is 0.00496. The van der Waals surface area contributed by atoms with E-state index >= 15 is 0 Å². The number of aromatic hydroxyl groups is 1. The maximum atomic E-state index is 13.5. The summed E-state index contributed by atoms with van der Waals surface area (Å²) < 4.78 is 39.4. The highest BCUT2D eigenvalue weighted by Gasteiger charge is 2.28. The van der Waals surface area contributed by atoms with Crippen LogP contribution in [0.2, 0.25) is 10.0 Å². The summed E-state index contributed by atoms with van der Waals surface area (Å²) in [6.07, 6.45) is 0.596. The van der Waals surface area contributed by atoms with E-state index < -0.39 is 33.9 Å². The highest BCUT2D eigenvalue weighted by Crippen LogP contribution is 2.39. The number of aromatic nitrogens is 1. The van der Waals surface area contributed by atoms with Crippen LogP contribution >= 0.6 is 34.7 Å². The molecule has 4 rings (SSSR count). The summed E-state index contributed by atoms with van der Waals surface area (Å²) in [5, 5.41) is 16.6. The molecule has 4 aromatic rings. The third-order valence-corrected chi connectivity index (χ3v) is 9.07. The molecule has 3 aromatic carbocycles. The van der Waals surface area contributed by atoms with Crippen molar-refractivity contribution in [3.8, 4) is 11.5 Å². The predicted octanol–water partition coefficient (Wildman–Crippen LogP) is 5.63. The number of rotatable bonds is 11. The Bertz CT molecular complexity index is 1790. The third kappa shape index (κ3) is 7.69. The van der Waals surface area contributed by atoms with Crippen molar-refractivity contribution >= 4 is 72.4 Å². The number of esters is 1. The number of phenolic OH excluding ortho intramolecular Hbond substituents is 1. The van der Waals surface area contributed by atoms with Crippen molar-refractivity contribution in [1.82, 2.24) is 9.69 Å². The highest BCUT2D eigenvalue weighted by atomic mass is 35.5. The van der Waals surface area contributed by atoms with Crippen molar-refractivity contribution in [2.45, 2.75) is 43.9 Å². The van der Waals surface area contributed by atoms with Crippen molar-refractivity contribution in [3.05, 3.63) is 75.3 Å². The fourth-order valence-electron chi connectivity index (χ4n) is 4.25. The first kappa shape index (κ1) is 32.3. The minimum Gasteiger partial charge on any atom is -0.504 e. The number of fused-ring (bicyclic) bond motifs is 1. The molecule has 228 valence electrons. The second-order valence-corrected chi connectivity index (χ2v) is 13.5. The van der Waals surface area contributed by atoms with Gasteiger partial charge in [0.25, 0.3) is 5.91 Å². The average Bonchev–Trinajstić information content (AvgIpc) is 3.33. The van der Waals surface area contributed by atoms with Crippen LogP contribution in [0, 0.1) is 0 Å². The molecule has 0 spiro atoms. The molecule has 1 aromatic heterocycles. The highest BCUT2D eigenvalue weighted by molar-refractivity contribution is 7.90. The van der Waals surface area contributed by atoms with Crippen LogP contribution in [0.4, 0.5) is 5.82 Å². The normalized spacial score (nSPS) is 12.3. The molecule has 1 heterocycles. The molecule has 1 atom stereocenters. The largest absolute Gasteiger partial charge is 0.504 e. The van der Waals surface area contributed by atoms with E-state index in [9.17, 15) is 23.1 Å². The van der Waals surface area contributed by atoms with Gasteiger partial charge in [0.15, 0.2) is 21.3 Å². The van der Waals surface area contributed by atoms with Crippen molar-refractivity contribution in [1.29, 1.82) is 0 Å². The number of hydrogen-bond donors (Lipinski definition) is 3. The first-order valence-corrected chi connectivity index (χ1v) is 16.4. The predicted molar refractivity (Wildman–Crippen MR) is 167 cm³/mol.